The van der Waals surface area contributed by atoms with E-state index in [2.05, 4.69) is 35.5 Å². The minimum atomic E-state index is -0.606. The number of halogens is 1. The highest BCUT2D eigenvalue weighted by Crippen LogP contribution is 2.35. The molecule has 0 unspecified atom stereocenters. The van der Waals surface area contributed by atoms with Crippen molar-refractivity contribution >= 4 is 50.7 Å². The molecule has 10 nitrogen and oxygen atoms in total. The zero-order chi connectivity index (χ0) is 28.2. The van der Waals surface area contributed by atoms with Gasteiger partial charge in [0.15, 0.2) is 17.4 Å². The van der Waals surface area contributed by atoms with Crippen LogP contribution in [0.1, 0.15) is 37.4 Å². The molecule has 0 fully saturated rings. The molecule has 0 spiro atoms. The van der Waals surface area contributed by atoms with Crippen LogP contribution in [-0.4, -0.2) is 46.8 Å². The number of thiophene rings is 1. The standard InChI is InChI=1S/C28H23FN8O2S/c1-13(38)18-5-6-19(40-18)24-23-16(7-8-31-24)34-26(35-23)25-20-17(36-37-25)12-32-22(21(20)29)14-9-15(11-30-10-14)33-27(39)28(2,3)4/h5-12H,1-4H3,(H,33,39)(H,34,35)(H,36,37). The molecule has 12 heteroatoms. The van der Waals surface area contributed by atoms with Crippen LogP contribution in [0.2, 0.25) is 0 Å². The molecule has 0 radical (unpaired) electrons. The second-order valence-electron chi connectivity index (χ2n) is 10.3. The molecule has 0 aliphatic carbocycles. The van der Waals surface area contributed by atoms with Crippen molar-refractivity contribution < 1.29 is 14.0 Å². The van der Waals surface area contributed by atoms with Gasteiger partial charge in [-0.05, 0) is 31.2 Å². The molecule has 0 saturated heterocycles. The quantitative estimate of drug-likeness (QED) is 0.221. The van der Waals surface area contributed by atoms with Gasteiger partial charge in [-0.2, -0.15) is 5.10 Å². The predicted octanol–water partition coefficient (Wildman–Crippen LogP) is 6.01. The number of amides is 1. The molecule has 200 valence electrons. The molecule has 0 bridgehead atoms. The summed E-state index contributed by atoms with van der Waals surface area (Å²) in [6.45, 7) is 6.92. The van der Waals surface area contributed by atoms with Crippen LogP contribution in [0.15, 0.2) is 49.1 Å². The molecule has 6 rings (SSSR count). The maximum absolute atomic E-state index is 16.1. The number of fused-ring (bicyclic) bond motifs is 2. The van der Waals surface area contributed by atoms with Crippen LogP contribution in [0.5, 0.6) is 0 Å². The summed E-state index contributed by atoms with van der Waals surface area (Å²) in [4.78, 5) is 46.6. The minimum absolute atomic E-state index is 0.0219. The largest absolute Gasteiger partial charge is 0.336 e. The van der Waals surface area contributed by atoms with Crippen molar-refractivity contribution in [2.75, 3.05) is 5.32 Å². The van der Waals surface area contributed by atoms with Crippen molar-refractivity contribution in [1.82, 2.24) is 35.1 Å². The van der Waals surface area contributed by atoms with Crippen molar-refractivity contribution in [3.63, 3.8) is 0 Å². The fourth-order valence-corrected chi connectivity index (χ4v) is 5.09. The molecular formula is C28H23FN8O2S. The Morgan fingerprint density at radius 3 is 2.58 bits per heavy atom. The van der Waals surface area contributed by atoms with Gasteiger partial charge < -0.3 is 10.3 Å². The zero-order valence-electron chi connectivity index (χ0n) is 22.0. The van der Waals surface area contributed by atoms with Gasteiger partial charge in [0, 0.05) is 23.4 Å². The number of rotatable bonds is 5. The average Bonchev–Trinajstić information content (AvgIpc) is 3.66. The van der Waals surface area contributed by atoms with Gasteiger partial charge in [-0.1, -0.05) is 20.8 Å². The summed E-state index contributed by atoms with van der Waals surface area (Å²) < 4.78 is 16.1. The molecule has 0 atom stereocenters. The summed E-state index contributed by atoms with van der Waals surface area (Å²) in [6.07, 6.45) is 6.13. The predicted molar refractivity (Wildman–Crippen MR) is 151 cm³/mol. The number of Topliss-reactive ketones (excluding diaryl/α,β-unsaturated/α-hetero) is 1. The summed E-state index contributed by atoms with van der Waals surface area (Å²) in [5.41, 5.74) is 2.83. The monoisotopic (exact) mass is 554 g/mol. The van der Waals surface area contributed by atoms with Gasteiger partial charge in [0.25, 0.3) is 0 Å². The van der Waals surface area contributed by atoms with Gasteiger partial charge >= 0.3 is 0 Å². The van der Waals surface area contributed by atoms with Crippen LogP contribution in [0, 0.1) is 11.2 Å². The number of pyridine rings is 3. The van der Waals surface area contributed by atoms with Gasteiger partial charge in [-0.15, -0.1) is 11.3 Å². The van der Waals surface area contributed by atoms with Gasteiger partial charge in [0.05, 0.1) is 44.3 Å². The normalized spacial score (nSPS) is 11.8. The van der Waals surface area contributed by atoms with Crippen molar-refractivity contribution in [3.05, 3.63) is 59.7 Å². The van der Waals surface area contributed by atoms with E-state index < -0.39 is 11.2 Å². The van der Waals surface area contributed by atoms with Gasteiger partial charge in [0.1, 0.15) is 22.6 Å². The number of carbonyl (C=O) groups is 2. The lowest BCUT2D eigenvalue weighted by Gasteiger charge is -2.17. The Labute approximate surface area is 231 Å². The molecule has 3 N–H and O–H groups in total. The van der Waals surface area contributed by atoms with Crippen LogP contribution < -0.4 is 5.32 Å². The molecule has 40 heavy (non-hydrogen) atoms. The fraction of sp³-hybridized carbons (Fsp3) is 0.179. The van der Waals surface area contributed by atoms with E-state index >= 15 is 4.39 Å². The number of hydrogen-bond acceptors (Lipinski definition) is 8. The number of ketones is 1. The van der Waals surface area contributed by atoms with Crippen LogP contribution in [0.3, 0.4) is 0 Å². The lowest BCUT2D eigenvalue weighted by molar-refractivity contribution is -0.123. The van der Waals surface area contributed by atoms with E-state index in [0.29, 0.717) is 44.2 Å². The smallest absolute Gasteiger partial charge is 0.229 e. The molecule has 0 aliphatic rings. The highest BCUT2D eigenvalue weighted by Gasteiger charge is 2.24. The highest BCUT2D eigenvalue weighted by atomic mass is 32.1. The molecule has 0 aliphatic heterocycles. The van der Waals surface area contributed by atoms with Crippen LogP contribution in [0.4, 0.5) is 10.1 Å². The van der Waals surface area contributed by atoms with Crippen LogP contribution >= 0.6 is 11.3 Å². The van der Waals surface area contributed by atoms with Crippen molar-refractivity contribution in [2.45, 2.75) is 27.7 Å². The van der Waals surface area contributed by atoms with Gasteiger partial charge in [-0.25, -0.2) is 9.37 Å². The van der Waals surface area contributed by atoms with Crippen molar-refractivity contribution in [2.24, 2.45) is 5.41 Å². The molecule has 1 amide bonds. The maximum atomic E-state index is 16.1. The third kappa shape index (κ3) is 4.41. The Kier molecular flexibility index (Phi) is 5.99. The van der Waals surface area contributed by atoms with E-state index in [0.717, 1.165) is 4.88 Å². The van der Waals surface area contributed by atoms with Crippen LogP contribution in [-0.2, 0) is 4.79 Å². The number of aromatic amines is 2. The number of H-pyrrole nitrogens is 2. The first-order chi connectivity index (χ1) is 19.1. The first kappa shape index (κ1) is 25.4. The molecular weight excluding hydrogens is 531 g/mol. The fourth-order valence-electron chi connectivity index (χ4n) is 4.19. The summed E-state index contributed by atoms with van der Waals surface area (Å²) in [7, 11) is 0. The van der Waals surface area contributed by atoms with Crippen molar-refractivity contribution in [3.8, 4) is 33.3 Å². The Bertz CT molecular complexity index is 1950. The topological polar surface area (TPSA) is 142 Å². The van der Waals surface area contributed by atoms with E-state index in [-0.39, 0.29) is 28.5 Å². The minimum Gasteiger partial charge on any atom is -0.336 e. The van der Waals surface area contributed by atoms with Crippen LogP contribution in [0.25, 0.3) is 55.3 Å². The summed E-state index contributed by atoms with van der Waals surface area (Å²) in [5, 5.41) is 10.2. The van der Waals surface area contributed by atoms with Crippen molar-refractivity contribution in [1.29, 1.82) is 0 Å². The number of anilines is 1. The number of imidazole rings is 1. The Morgan fingerprint density at radius 2 is 1.82 bits per heavy atom. The third-order valence-corrected chi connectivity index (χ3v) is 7.50. The average molecular weight is 555 g/mol. The second kappa shape index (κ2) is 9.42. The first-order valence-electron chi connectivity index (χ1n) is 12.4. The first-order valence-corrected chi connectivity index (χ1v) is 13.2. The van der Waals surface area contributed by atoms with E-state index in [4.69, 9.17) is 4.98 Å². The number of carbonyl (C=O) groups excluding carboxylic acids is 2. The van der Waals surface area contributed by atoms with E-state index in [9.17, 15) is 9.59 Å². The molecule has 6 aromatic heterocycles. The number of nitrogens with one attached hydrogen (secondary N) is 3. The lowest BCUT2D eigenvalue weighted by atomic mass is 9.95. The maximum Gasteiger partial charge on any atom is 0.229 e. The van der Waals surface area contributed by atoms with Gasteiger partial charge in [0.2, 0.25) is 5.91 Å². The molecule has 0 saturated carbocycles. The number of hydrogen-bond donors (Lipinski definition) is 3. The van der Waals surface area contributed by atoms with E-state index in [1.165, 1.54) is 36.9 Å². The lowest BCUT2D eigenvalue weighted by Crippen LogP contribution is -2.27. The molecule has 6 aromatic rings. The zero-order valence-corrected chi connectivity index (χ0v) is 22.8. The second-order valence-corrected chi connectivity index (χ2v) is 11.4. The summed E-state index contributed by atoms with van der Waals surface area (Å²) >= 11 is 1.34. The highest BCUT2D eigenvalue weighted by molar-refractivity contribution is 7.17. The number of aromatic nitrogens is 7. The summed E-state index contributed by atoms with van der Waals surface area (Å²) in [6, 6.07) is 7.00. The Balaban J connectivity index is 1.43. The molecule has 0 aromatic carbocycles. The summed E-state index contributed by atoms with van der Waals surface area (Å²) in [5.74, 6) is -0.470. The Morgan fingerprint density at radius 1 is 1.00 bits per heavy atom. The van der Waals surface area contributed by atoms with E-state index in [1.807, 2.05) is 6.07 Å². The SMILES string of the molecule is CC(=O)c1ccc(-c2nccc3[nH]c(-c4n[nH]c5cnc(-c6cncc(NC(=O)C(C)(C)C)c6)c(F)c45)nc23)s1. The van der Waals surface area contributed by atoms with E-state index in [1.54, 1.807) is 45.2 Å². The van der Waals surface area contributed by atoms with Gasteiger partial charge in [-0.3, -0.25) is 29.6 Å². The molecule has 6 heterocycles. The Hall–Kier alpha value is -4.84. The third-order valence-electron chi connectivity index (χ3n) is 6.31. The number of nitrogens with zero attached hydrogens (tertiary/aromatic N) is 5.